The van der Waals surface area contributed by atoms with Crippen LogP contribution < -0.4 is 15.4 Å². The zero-order chi connectivity index (χ0) is 21.2. The molecule has 1 aliphatic rings. The van der Waals surface area contributed by atoms with Crippen molar-refractivity contribution in [3.8, 4) is 5.75 Å². The number of aliphatic imine (C=N–C) groups is 1. The van der Waals surface area contributed by atoms with E-state index in [1.54, 1.807) is 0 Å². The van der Waals surface area contributed by atoms with Gasteiger partial charge in [0.05, 0.1) is 13.2 Å². The first-order valence-corrected chi connectivity index (χ1v) is 11.2. The first-order chi connectivity index (χ1) is 14.7. The summed E-state index contributed by atoms with van der Waals surface area (Å²) >= 11 is 0. The van der Waals surface area contributed by atoms with Gasteiger partial charge in [0, 0.05) is 45.3 Å². The summed E-state index contributed by atoms with van der Waals surface area (Å²) in [6.07, 6.45) is 0.922. The predicted octanol–water partition coefficient (Wildman–Crippen LogP) is 2.80. The summed E-state index contributed by atoms with van der Waals surface area (Å²) < 4.78 is 5.93. The third kappa shape index (κ3) is 6.89. The Morgan fingerprint density at radius 1 is 1.07 bits per heavy atom. The molecule has 6 heteroatoms. The summed E-state index contributed by atoms with van der Waals surface area (Å²) in [7, 11) is 2.19. The molecule has 0 aliphatic carbocycles. The maximum Gasteiger partial charge on any atom is 0.191 e. The average Bonchev–Trinajstić information content (AvgIpc) is 2.77. The highest BCUT2D eigenvalue weighted by Gasteiger charge is 2.18. The van der Waals surface area contributed by atoms with Gasteiger partial charge in [0.15, 0.2) is 5.96 Å². The van der Waals surface area contributed by atoms with Crippen molar-refractivity contribution in [2.24, 2.45) is 4.99 Å². The molecule has 1 unspecified atom stereocenters. The van der Waals surface area contributed by atoms with Gasteiger partial charge >= 0.3 is 0 Å². The molecule has 1 fully saturated rings. The van der Waals surface area contributed by atoms with Crippen molar-refractivity contribution >= 4 is 16.7 Å². The Hall–Kier alpha value is -2.31. The summed E-state index contributed by atoms with van der Waals surface area (Å²) in [5, 5.41) is 9.23. The number of nitrogens with one attached hydrogen (secondary N) is 2. The lowest BCUT2D eigenvalue weighted by atomic mass is 10.1. The summed E-state index contributed by atoms with van der Waals surface area (Å²) in [6.45, 7) is 12.1. The van der Waals surface area contributed by atoms with Crippen LogP contribution in [0, 0.1) is 0 Å². The number of hydrogen-bond donors (Lipinski definition) is 2. The molecule has 164 valence electrons. The van der Waals surface area contributed by atoms with E-state index < -0.39 is 0 Å². The fourth-order valence-electron chi connectivity index (χ4n) is 3.67. The fraction of sp³-hybridized carbons (Fsp3) is 0.542. The summed E-state index contributed by atoms with van der Waals surface area (Å²) in [5.74, 6) is 1.82. The van der Waals surface area contributed by atoms with Crippen LogP contribution in [0.25, 0.3) is 10.8 Å². The quantitative estimate of drug-likeness (QED) is 0.378. The summed E-state index contributed by atoms with van der Waals surface area (Å²) in [6, 6.07) is 15.1. The van der Waals surface area contributed by atoms with E-state index in [2.05, 4.69) is 77.7 Å². The van der Waals surface area contributed by atoms with Gasteiger partial charge in [0.2, 0.25) is 0 Å². The number of ether oxygens (including phenoxy) is 1. The molecule has 0 saturated carbocycles. The van der Waals surface area contributed by atoms with Gasteiger partial charge in [-0.05, 0) is 50.2 Å². The minimum atomic E-state index is 0.463. The highest BCUT2D eigenvalue weighted by molar-refractivity contribution is 5.83. The van der Waals surface area contributed by atoms with Gasteiger partial charge < -0.3 is 20.3 Å². The van der Waals surface area contributed by atoms with Gasteiger partial charge in [-0.1, -0.05) is 30.3 Å². The van der Waals surface area contributed by atoms with Crippen LogP contribution in [0.1, 0.15) is 20.3 Å². The van der Waals surface area contributed by atoms with E-state index in [1.807, 2.05) is 6.07 Å². The van der Waals surface area contributed by atoms with Crippen molar-refractivity contribution in [1.82, 2.24) is 20.4 Å². The molecule has 0 spiro atoms. The van der Waals surface area contributed by atoms with Gasteiger partial charge in [0.25, 0.3) is 0 Å². The van der Waals surface area contributed by atoms with Crippen molar-refractivity contribution in [3.63, 3.8) is 0 Å². The Morgan fingerprint density at radius 2 is 1.83 bits per heavy atom. The molecule has 30 heavy (non-hydrogen) atoms. The predicted molar refractivity (Wildman–Crippen MR) is 127 cm³/mol. The van der Waals surface area contributed by atoms with Gasteiger partial charge in [-0.2, -0.15) is 0 Å². The SMILES string of the molecule is CCNC(=NCC(C)N1CCN(C)CC1)NCCCOc1ccc2ccccc2c1. The topological polar surface area (TPSA) is 52.1 Å². The molecule has 1 atom stereocenters. The van der Waals surface area contributed by atoms with E-state index in [9.17, 15) is 0 Å². The van der Waals surface area contributed by atoms with Crippen LogP contribution in [0.2, 0.25) is 0 Å². The van der Waals surface area contributed by atoms with Crippen LogP contribution in [-0.2, 0) is 0 Å². The second-order valence-electron chi connectivity index (χ2n) is 8.05. The molecule has 2 aromatic rings. The molecule has 0 radical (unpaired) electrons. The second-order valence-corrected chi connectivity index (χ2v) is 8.05. The van der Waals surface area contributed by atoms with Crippen LogP contribution in [0.5, 0.6) is 5.75 Å². The minimum absolute atomic E-state index is 0.463. The standard InChI is InChI=1S/C24H37N5O/c1-4-25-24(27-19-20(2)29-15-13-28(3)14-16-29)26-12-7-17-30-23-11-10-21-8-5-6-9-22(21)18-23/h5-6,8-11,18,20H,4,7,12-17,19H2,1-3H3,(H2,25,26,27). The number of rotatable bonds is 9. The molecule has 3 rings (SSSR count). The number of fused-ring (bicyclic) bond motifs is 1. The number of hydrogen-bond acceptors (Lipinski definition) is 4. The van der Waals surface area contributed by atoms with E-state index in [-0.39, 0.29) is 0 Å². The first-order valence-electron chi connectivity index (χ1n) is 11.2. The van der Waals surface area contributed by atoms with Crippen LogP contribution in [0.3, 0.4) is 0 Å². The molecule has 1 heterocycles. The van der Waals surface area contributed by atoms with Gasteiger partial charge in [-0.15, -0.1) is 0 Å². The monoisotopic (exact) mass is 411 g/mol. The Labute approximate surface area is 181 Å². The lowest BCUT2D eigenvalue weighted by Crippen LogP contribution is -2.49. The van der Waals surface area contributed by atoms with Crippen molar-refractivity contribution < 1.29 is 4.74 Å². The Bertz CT molecular complexity index is 801. The van der Waals surface area contributed by atoms with Crippen molar-refractivity contribution in [2.75, 3.05) is 59.5 Å². The smallest absolute Gasteiger partial charge is 0.191 e. The maximum atomic E-state index is 5.93. The number of nitrogens with zero attached hydrogens (tertiary/aromatic N) is 3. The Morgan fingerprint density at radius 3 is 2.60 bits per heavy atom. The lowest BCUT2D eigenvalue weighted by molar-refractivity contribution is 0.122. The molecule has 2 N–H and O–H groups in total. The summed E-state index contributed by atoms with van der Waals surface area (Å²) in [5.41, 5.74) is 0. The van der Waals surface area contributed by atoms with Crippen LogP contribution in [0.4, 0.5) is 0 Å². The number of guanidine groups is 1. The van der Waals surface area contributed by atoms with Crippen LogP contribution in [-0.4, -0.2) is 81.3 Å². The molecule has 1 saturated heterocycles. The van der Waals surface area contributed by atoms with E-state index in [4.69, 9.17) is 9.73 Å². The second kappa shape index (κ2) is 11.8. The molecule has 6 nitrogen and oxygen atoms in total. The van der Waals surface area contributed by atoms with Crippen molar-refractivity contribution in [3.05, 3.63) is 42.5 Å². The largest absolute Gasteiger partial charge is 0.494 e. The zero-order valence-electron chi connectivity index (χ0n) is 18.7. The van der Waals surface area contributed by atoms with Crippen LogP contribution >= 0.6 is 0 Å². The van der Waals surface area contributed by atoms with Gasteiger partial charge in [-0.3, -0.25) is 9.89 Å². The molecular weight excluding hydrogens is 374 g/mol. The molecule has 0 amide bonds. The van der Waals surface area contributed by atoms with Crippen molar-refractivity contribution in [1.29, 1.82) is 0 Å². The van der Waals surface area contributed by atoms with E-state index in [0.717, 1.165) is 63.9 Å². The number of piperazine rings is 1. The minimum Gasteiger partial charge on any atom is -0.494 e. The van der Waals surface area contributed by atoms with Crippen molar-refractivity contribution in [2.45, 2.75) is 26.3 Å². The number of likely N-dealkylation sites (N-methyl/N-ethyl adjacent to an activating group) is 1. The Balaban J connectivity index is 1.38. The molecule has 1 aliphatic heterocycles. The first kappa shape index (κ1) is 22.4. The zero-order valence-corrected chi connectivity index (χ0v) is 18.7. The van der Waals surface area contributed by atoms with Gasteiger partial charge in [-0.25, -0.2) is 0 Å². The third-order valence-electron chi connectivity index (χ3n) is 5.62. The molecule has 0 bridgehead atoms. The third-order valence-corrected chi connectivity index (χ3v) is 5.62. The summed E-state index contributed by atoms with van der Waals surface area (Å²) in [4.78, 5) is 9.72. The van der Waals surface area contributed by atoms with E-state index in [0.29, 0.717) is 12.6 Å². The van der Waals surface area contributed by atoms with Crippen LogP contribution in [0.15, 0.2) is 47.5 Å². The van der Waals surface area contributed by atoms with E-state index in [1.165, 1.54) is 10.8 Å². The molecule has 0 aromatic heterocycles. The van der Waals surface area contributed by atoms with Gasteiger partial charge in [0.1, 0.15) is 5.75 Å². The normalized spacial score (nSPS) is 17.1. The lowest BCUT2D eigenvalue weighted by Gasteiger charge is -2.35. The molecule has 2 aromatic carbocycles. The Kier molecular flexibility index (Phi) is 8.78. The highest BCUT2D eigenvalue weighted by atomic mass is 16.5. The highest BCUT2D eigenvalue weighted by Crippen LogP contribution is 2.20. The average molecular weight is 412 g/mol. The fourth-order valence-corrected chi connectivity index (χ4v) is 3.67. The number of benzene rings is 2. The maximum absolute atomic E-state index is 5.93. The molecular formula is C24H37N5O. The van der Waals surface area contributed by atoms with E-state index >= 15 is 0 Å².